The van der Waals surface area contributed by atoms with E-state index in [9.17, 15) is 8.78 Å². The Labute approximate surface area is 192 Å². The minimum absolute atomic E-state index is 0.00985. The van der Waals surface area contributed by atoms with Crippen molar-refractivity contribution < 1.29 is 23.0 Å². The second-order valence-corrected chi connectivity index (χ2v) is 10.1. The number of halogens is 2. The third kappa shape index (κ3) is 5.47. The first-order chi connectivity index (χ1) is 15.6. The first kappa shape index (κ1) is 23.9. The molecule has 2 aliphatic heterocycles. The Kier molecular flexibility index (Phi) is 8.44. The van der Waals surface area contributed by atoms with Crippen molar-refractivity contribution >= 4 is 0 Å². The standard InChI is InChI=1S/C27H40F2O3/c1-3-5-22-12-10-20(16-31-22)18-6-8-19(9-7-18)24-14-11-21(17-32-24)23-13-15-25(30-4-2)27(29)26(23)28/h13,15,18-22,24H,3-12,14,16-17H2,1-2H3. The third-order valence-corrected chi connectivity index (χ3v) is 8.15. The topological polar surface area (TPSA) is 27.7 Å². The maximum absolute atomic E-state index is 14.6. The summed E-state index contributed by atoms with van der Waals surface area (Å²) in [6, 6.07) is 3.21. The molecule has 0 amide bonds. The van der Waals surface area contributed by atoms with Crippen LogP contribution in [0.5, 0.6) is 5.75 Å². The minimum Gasteiger partial charge on any atom is -0.491 e. The largest absolute Gasteiger partial charge is 0.491 e. The van der Waals surface area contributed by atoms with Crippen LogP contribution in [0.2, 0.25) is 0 Å². The molecule has 0 bridgehead atoms. The second kappa shape index (κ2) is 11.3. The molecular weight excluding hydrogens is 410 g/mol. The van der Waals surface area contributed by atoms with E-state index in [1.54, 1.807) is 19.1 Å². The molecule has 1 saturated carbocycles. The van der Waals surface area contributed by atoms with E-state index in [1.807, 2.05) is 0 Å². The van der Waals surface area contributed by atoms with E-state index in [4.69, 9.17) is 14.2 Å². The molecule has 1 aromatic rings. The first-order valence-corrected chi connectivity index (χ1v) is 12.9. The Bertz CT molecular complexity index is 716. The van der Waals surface area contributed by atoms with Crippen molar-refractivity contribution in [2.24, 2.45) is 17.8 Å². The molecule has 2 heterocycles. The van der Waals surface area contributed by atoms with Gasteiger partial charge in [0, 0.05) is 5.92 Å². The fourth-order valence-corrected chi connectivity index (χ4v) is 6.25. The van der Waals surface area contributed by atoms with Gasteiger partial charge in [-0.05, 0) is 94.1 Å². The van der Waals surface area contributed by atoms with Gasteiger partial charge in [0.2, 0.25) is 5.82 Å². The van der Waals surface area contributed by atoms with Crippen molar-refractivity contribution in [3.63, 3.8) is 0 Å². The second-order valence-electron chi connectivity index (χ2n) is 10.1. The molecule has 2 saturated heterocycles. The van der Waals surface area contributed by atoms with Crippen LogP contribution in [0, 0.1) is 29.4 Å². The van der Waals surface area contributed by atoms with Gasteiger partial charge < -0.3 is 14.2 Å². The van der Waals surface area contributed by atoms with Crippen LogP contribution < -0.4 is 4.74 Å². The molecule has 3 aliphatic rings. The predicted octanol–water partition coefficient (Wildman–Crippen LogP) is 7.03. The van der Waals surface area contributed by atoms with Crippen LogP contribution >= 0.6 is 0 Å². The lowest BCUT2D eigenvalue weighted by atomic mass is 9.71. The lowest BCUT2D eigenvalue weighted by molar-refractivity contribution is -0.0622. The molecule has 0 spiro atoms. The first-order valence-electron chi connectivity index (χ1n) is 12.9. The Morgan fingerprint density at radius 2 is 1.56 bits per heavy atom. The summed E-state index contributed by atoms with van der Waals surface area (Å²) < 4.78 is 46.4. The van der Waals surface area contributed by atoms with Crippen molar-refractivity contribution in [3.05, 3.63) is 29.3 Å². The lowest BCUT2D eigenvalue weighted by Gasteiger charge is -2.41. The van der Waals surface area contributed by atoms with E-state index in [1.165, 1.54) is 51.4 Å². The normalized spacial score (nSPS) is 33.8. The van der Waals surface area contributed by atoms with Crippen LogP contribution in [0.1, 0.15) is 89.5 Å². The SMILES string of the molecule is CCCC1CCC(C2CCC(C3CCC(c4ccc(OCC)c(F)c4F)CO3)CC2)CO1. The van der Waals surface area contributed by atoms with Gasteiger partial charge >= 0.3 is 0 Å². The minimum atomic E-state index is -0.877. The lowest BCUT2D eigenvalue weighted by Crippen LogP contribution is -2.36. The number of hydrogen-bond donors (Lipinski definition) is 0. The molecular formula is C27H40F2O3. The molecule has 32 heavy (non-hydrogen) atoms. The zero-order valence-electron chi connectivity index (χ0n) is 19.8. The van der Waals surface area contributed by atoms with Gasteiger partial charge in [0.05, 0.1) is 32.0 Å². The predicted molar refractivity (Wildman–Crippen MR) is 122 cm³/mol. The van der Waals surface area contributed by atoms with Crippen molar-refractivity contribution in [1.29, 1.82) is 0 Å². The number of rotatable bonds is 7. The molecule has 5 heteroatoms. The van der Waals surface area contributed by atoms with Gasteiger partial charge in [0.25, 0.3) is 0 Å². The molecule has 1 aliphatic carbocycles. The van der Waals surface area contributed by atoms with Crippen LogP contribution in [0.3, 0.4) is 0 Å². The molecule has 4 atom stereocenters. The highest BCUT2D eigenvalue weighted by molar-refractivity contribution is 5.33. The van der Waals surface area contributed by atoms with Gasteiger partial charge in [-0.2, -0.15) is 4.39 Å². The van der Waals surface area contributed by atoms with Gasteiger partial charge in [-0.25, -0.2) is 4.39 Å². The average Bonchev–Trinajstić information content (AvgIpc) is 2.83. The maximum atomic E-state index is 14.6. The average molecular weight is 451 g/mol. The summed E-state index contributed by atoms with van der Waals surface area (Å²) >= 11 is 0. The van der Waals surface area contributed by atoms with Crippen molar-refractivity contribution in [2.75, 3.05) is 19.8 Å². The molecule has 0 radical (unpaired) electrons. The molecule has 4 rings (SSSR count). The van der Waals surface area contributed by atoms with Crippen LogP contribution in [0.4, 0.5) is 8.78 Å². The zero-order valence-corrected chi connectivity index (χ0v) is 19.8. The van der Waals surface area contributed by atoms with Crippen molar-refractivity contribution in [2.45, 2.75) is 96.2 Å². The van der Waals surface area contributed by atoms with Gasteiger partial charge in [0.1, 0.15) is 0 Å². The molecule has 0 N–H and O–H groups in total. The Balaban J connectivity index is 1.23. The van der Waals surface area contributed by atoms with E-state index < -0.39 is 11.6 Å². The summed E-state index contributed by atoms with van der Waals surface area (Å²) in [5, 5.41) is 0. The summed E-state index contributed by atoms with van der Waals surface area (Å²) in [5.74, 6) is 0.389. The third-order valence-electron chi connectivity index (χ3n) is 8.15. The van der Waals surface area contributed by atoms with E-state index in [0.717, 1.165) is 31.3 Å². The van der Waals surface area contributed by atoms with E-state index in [0.29, 0.717) is 30.8 Å². The summed E-state index contributed by atoms with van der Waals surface area (Å²) in [6.45, 7) is 5.74. The summed E-state index contributed by atoms with van der Waals surface area (Å²) in [4.78, 5) is 0. The van der Waals surface area contributed by atoms with Crippen LogP contribution in [-0.2, 0) is 9.47 Å². The molecule has 3 fully saturated rings. The van der Waals surface area contributed by atoms with Gasteiger partial charge in [-0.15, -0.1) is 0 Å². The maximum Gasteiger partial charge on any atom is 0.200 e. The zero-order chi connectivity index (χ0) is 22.5. The van der Waals surface area contributed by atoms with E-state index in [2.05, 4.69) is 6.92 Å². The van der Waals surface area contributed by atoms with Crippen molar-refractivity contribution in [1.82, 2.24) is 0 Å². The highest BCUT2D eigenvalue weighted by Crippen LogP contribution is 2.42. The molecule has 180 valence electrons. The fraction of sp³-hybridized carbons (Fsp3) is 0.778. The van der Waals surface area contributed by atoms with Gasteiger partial charge in [-0.3, -0.25) is 0 Å². The smallest absolute Gasteiger partial charge is 0.200 e. The van der Waals surface area contributed by atoms with Crippen LogP contribution in [-0.4, -0.2) is 32.0 Å². The highest BCUT2D eigenvalue weighted by Gasteiger charge is 2.36. The monoisotopic (exact) mass is 450 g/mol. The molecule has 3 nitrogen and oxygen atoms in total. The van der Waals surface area contributed by atoms with Gasteiger partial charge in [0.15, 0.2) is 11.6 Å². The van der Waals surface area contributed by atoms with Crippen LogP contribution in [0.15, 0.2) is 12.1 Å². The Morgan fingerprint density at radius 1 is 0.812 bits per heavy atom. The number of ether oxygens (including phenoxy) is 3. The van der Waals surface area contributed by atoms with Gasteiger partial charge in [-0.1, -0.05) is 19.4 Å². The Hall–Kier alpha value is -1.20. The van der Waals surface area contributed by atoms with Crippen LogP contribution in [0.25, 0.3) is 0 Å². The van der Waals surface area contributed by atoms with E-state index in [-0.39, 0.29) is 17.8 Å². The highest BCUT2D eigenvalue weighted by atomic mass is 19.2. The summed E-state index contributed by atoms with van der Waals surface area (Å²) in [6.07, 6.45) is 12.5. The Morgan fingerprint density at radius 3 is 2.19 bits per heavy atom. The van der Waals surface area contributed by atoms with E-state index >= 15 is 0 Å². The molecule has 0 aromatic heterocycles. The summed E-state index contributed by atoms with van der Waals surface area (Å²) in [7, 11) is 0. The fourth-order valence-electron chi connectivity index (χ4n) is 6.25. The molecule has 1 aromatic carbocycles. The number of hydrogen-bond acceptors (Lipinski definition) is 3. The number of benzene rings is 1. The molecule has 4 unspecified atom stereocenters. The van der Waals surface area contributed by atoms with Crippen molar-refractivity contribution in [3.8, 4) is 5.75 Å². The summed E-state index contributed by atoms with van der Waals surface area (Å²) in [5.41, 5.74) is 0.423. The quantitative estimate of drug-likeness (QED) is 0.446.